The van der Waals surface area contributed by atoms with Gasteiger partial charge in [0, 0.05) is 5.39 Å². The van der Waals surface area contributed by atoms with E-state index in [-0.39, 0.29) is 5.91 Å². The average Bonchev–Trinajstić information content (AvgIpc) is 2.96. The molecule has 118 valence electrons. The summed E-state index contributed by atoms with van der Waals surface area (Å²) >= 11 is 2.82. The number of carbonyl (C=O) groups is 1. The molecule has 0 aliphatic carbocycles. The van der Waals surface area contributed by atoms with Gasteiger partial charge in [-0.05, 0) is 31.0 Å². The van der Waals surface area contributed by atoms with Crippen LogP contribution in [0.3, 0.4) is 0 Å². The Morgan fingerprint density at radius 3 is 2.87 bits per heavy atom. The number of hydrogen-bond donors (Lipinski definition) is 1. The second-order valence-corrected chi connectivity index (χ2v) is 7.11. The van der Waals surface area contributed by atoms with Gasteiger partial charge in [0.05, 0.1) is 11.3 Å². The molecule has 0 saturated carbocycles. The molecular weight excluding hydrogens is 328 g/mol. The lowest BCUT2D eigenvalue weighted by atomic mass is 10.1. The fourth-order valence-corrected chi connectivity index (χ4v) is 3.66. The molecule has 0 spiro atoms. The highest BCUT2D eigenvalue weighted by atomic mass is 32.2. The third kappa shape index (κ3) is 3.86. The molecule has 2 heterocycles. The van der Waals surface area contributed by atoms with Crippen LogP contribution in [-0.2, 0) is 11.2 Å². The van der Waals surface area contributed by atoms with Gasteiger partial charge in [0.2, 0.25) is 11.0 Å². The van der Waals surface area contributed by atoms with Crippen molar-refractivity contribution < 1.29 is 4.79 Å². The molecule has 2 aromatic heterocycles. The van der Waals surface area contributed by atoms with E-state index in [2.05, 4.69) is 39.6 Å². The van der Waals surface area contributed by atoms with E-state index in [0.29, 0.717) is 10.9 Å². The Labute approximate surface area is 142 Å². The third-order valence-electron chi connectivity index (χ3n) is 3.26. The van der Waals surface area contributed by atoms with Crippen LogP contribution < -0.4 is 5.32 Å². The largest absolute Gasteiger partial charge is 0.300 e. The molecule has 1 aromatic carbocycles. The molecule has 3 rings (SSSR count). The van der Waals surface area contributed by atoms with Crippen LogP contribution in [0.2, 0.25) is 0 Å². The van der Waals surface area contributed by atoms with Gasteiger partial charge in [0.25, 0.3) is 0 Å². The minimum absolute atomic E-state index is 0.0943. The van der Waals surface area contributed by atoms with Crippen LogP contribution in [-0.4, -0.2) is 26.8 Å². The predicted molar refractivity (Wildman–Crippen MR) is 95.1 cm³/mol. The Kier molecular flexibility index (Phi) is 4.88. The summed E-state index contributed by atoms with van der Waals surface area (Å²) in [7, 11) is 0. The van der Waals surface area contributed by atoms with E-state index in [1.165, 1.54) is 23.1 Å². The SMILES string of the molecule is CCc1cc2ccccc2nc1SCC(=O)Nc1nnc(C)s1. The number of amides is 1. The molecule has 3 aromatic rings. The first kappa shape index (κ1) is 15.9. The minimum atomic E-state index is -0.0943. The number of benzene rings is 1. The standard InChI is InChI=1S/C16H16N4OS2/c1-3-11-8-12-6-4-5-7-13(12)17-15(11)22-9-14(21)18-16-20-19-10(2)23-16/h4-8H,3,9H2,1-2H3,(H,18,20,21). The molecule has 0 fully saturated rings. The van der Waals surface area contributed by atoms with Crippen LogP contribution in [0.4, 0.5) is 5.13 Å². The molecule has 0 atom stereocenters. The van der Waals surface area contributed by atoms with Gasteiger partial charge in [-0.2, -0.15) is 0 Å². The van der Waals surface area contributed by atoms with E-state index in [1.807, 2.05) is 25.1 Å². The molecule has 0 aliphatic heterocycles. The van der Waals surface area contributed by atoms with Crippen molar-refractivity contribution in [3.05, 3.63) is 40.9 Å². The van der Waals surface area contributed by atoms with E-state index in [4.69, 9.17) is 0 Å². The van der Waals surface area contributed by atoms with Crippen LogP contribution in [0.5, 0.6) is 0 Å². The zero-order chi connectivity index (χ0) is 16.2. The van der Waals surface area contributed by atoms with Gasteiger partial charge in [-0.15, -0.1) is 10.2 Å². The number of aromatic nitrogens is 3. The first-order valence-electron chi connectivity index (χ1n) is 7.27. The number of anilines is 1. The maximum absolute atomic E-state index is 12.0. The summed E-state index contributed by atoms with van der Waals surface area (Å²) in [4.78, 5) is 16.7. The second kappa shape index (κ2) is 7.06. The van der Waals surface area contributed by atoms with Gasteiger partial charge in [0.1, 0.15) is 10.0 Å². The quantitative estimate of drug-likeness (QED) is 0.715. The Morgan fingerprint density at radius 2 is 2.13 bits per heavy atom. The minimum Gasteiger partial charge on any atom is -0.300 e. The fraction of sp³-hybridized carbons (Fsp3) is 0.250. The van der Waals surface area contributed by atoms with Crippen molar-refractivity contribution in [2.75, 3.05) is 11.1 Å². The van der Waals surface area contributed by atoms with E-state index < -0.39 is 0 Å². The van der Waals surface area contributed by atoms with Crippen molar-refractivity contribution in [2.45, 2.75) is 25.3 Å². The molecule has 0 bridgehead atoms. The molecule has 0 unspecified atom stereocenters. The summed E-state index contributed by atoms with van der Waals surface area (Å²) in [5.74, 6) is 0.208. The van der Waals surface area contributed by atoms with Gasteiger partial charge < -0.3 is 0 Å². The topological polar surface area (TPSA) is 67.8 Å². The van der Waals surface area contributed by atoms with Crippen molar-refractivity contribution in [1.29, 1.82) is 0 Å². The highest BCUT2D eigenvalue weighted by Crippen LogP contribution is 2.25. The van der Waals surface area contributed by atoms with Crippen LogP contribution in [0.15, 0.2) is 35.4 Å². The molecule has 23 heavy (non-hydrogen) atoms. The molecule has 7 heteroatoms. The first-order chi connectivity index (χ1) is 11.2. The fourth-order valence-electron chi connectivity index (χ4n) is 2.16. The second-order valence-electron chi connectivity index (χ2n) is 4.96. The number of thioether (sulfide) groups is 1. The van der Waals surface area contributed by atoms with E-state index in [9.17, 15) is 4.79 Å². The normalized spacial score (nSPS) is 10.9. The Balaban J connectivity index is 1.71. The highest BCUT2D eigenvalue weighted by molar-refractivity contribution is 8.00. The Morgan fingerprint density at radius 1 is 1.30 bits per heavy atom. The van der Waals surface area contributed by atoms with Crippen molar-refractivity contribution in [1.82, 2.24) is 15.2 Å². The number of rotatable bonds is 5. The number of fused-ring (bicyclic) bond motifs is 1. The molecular formula is C16H16N4OS2. The summed E-state index contributed by atoms with van der Waals surface area (Å²) in [6.45, 7) is 3.95. The molecule has 0 aliphatic rings. The number of pyridine rings is 1. The number of carbonyl (C=O) groups excluding carboxylic acids is 1. The number of aryl methyl sites for hydroxylation is 2. The van der Waals surface area contributed by atoms with E-state index in [0.717, 1.165) is 32.9 Å². The van der Waals surface area contributed by atoms with E-state index in [1.54, 1.807) is 0 Å². The van der Waals surface area contributed by atoms with Crippen molar-refractivity contribution >= 4 is 45.0 Å². The maximum atomic E-state index is 12.0. The van der Waals surface area contributed by atoms with E-state index >= 15 is 0 Å². The average molecular weight is 344 g/mol. The monoisotopic (exact) mass is 344 g/mol. The molecule has 0 saturated heterocycles. The van der Waals surface area contributed by atoms with Crippen molar-refractivity contribution in [3.63, 3.8) is 0 Å². The molecule has 0 radical (unpaired) electrons. The van der Waals surface area contributed by atoms with Crippen LogP contribution in [0.1, 0.15) is 17.5 Å². The lowest BCUT2D eigenvalue weighted by Gasteiger charge is -2.08. The molecule has 1 amide bonds. The van der Waals surface area contributed by atoms with Gasteiger partial charge in [-0.25, -0.2) is 4.98 Å². The molecule has 5 nitrogen and oxygen atoms in total. The zero-order valence-corrected chi connectivity index (χ0v) is 14.5. The lowest BCUT2D eigenvalue weighted by molar-refractivity contribution is -0.113. The van der Waals surface area contributed by atoms with Crippen molar-refractivity contribution in [2.24, 2.45) is 0 Å². The predicted octanol–water partition coefficient (Wildman–Crippen LogP) is 3.69. The number of nitrogens with one attached hydrogen (secondary N) is 1. The Hall–Kier alpha value is -1.99. The van der Waals surface area contributed by atoms with Crippen LogP contribution in [0, 0.1) is 6.92 Å². The van der Waals surface area contributed by atoms with Gasteiger partial charge in [-0.3, -0.25) is 10.1 Å². The first-order valence-corrected chi connectivity index (χ1v) is 9.07. The molecule has 1 N–H and O–H groups in total. The summed E-state index contributed by atoms with van der Waals surface area (Å²) in [6.07, 6.45) is 0.886. The van der Waals surface area contributed by atoms with Gasteiger partial charge in [0.15, 0.2) is 0 Å². The van der Waals surface area contributed by atoms with Crippen LogP contribution in [0.25, 0.3) is 10.9 Å². The zero-order valence-electron chi connectivity index (χ0n) is 12.9. The summed E-state index contributed by atoms with van der Waals surface area (Å²) in [5, 5.41) is 14.0. The summed E-state index contributed by atoms with van der Waals surface area (Å²) in [5.41, 5.74) is 2.11. The third-order valence-corrected chi connectivity index (χ3v) is 5.04. The number of para-hydroxylation sites is 1. The van der Waals surface area contributed by atoms with Crippen molar-refractivity contribution in [3.8, 4) is 0 Å². The summed E-state index contributed by atoms with van der Waals surface area (Å²) < 4.78 is 0. The number of hydrogen-bond acceptors (Lipinski definition) is 6. The Bertz CT molecular complexity index is 847. The van der Waals surface area contributed by atoms with Crippen LogP contribution >= 0.6 is 23.1 Å². The maximum Gasteiger partial charge on any atom is 0.236 e. The lowest BCUT2D eigenvalue weighted by Crippen LogP contribution is -2.14. The smallest absolute Gasteiger partial charge is 0.236 e. The highest BCUT2D eigenvalue weighted by Gasteiger charge is 2.11. The van der Waals surface area contributed by atoms with Gasteiger partial charge >= 0.3 is 0 Å². The summed E-state index contributed by atoms with van der Waals surface area (Å²) in [6, 6.07) is 10.2. The van der Waals surface area contributed by atoms with Gasteiger partial charge in [-0.1, -0.05) is 48.2 Å². The number of nitrogens with zero attached hydrogens (tertiary/aromatic N) is 3.